The van der Waals surface area contributed by atoms with Crippen molar-refractivity contribution in [3.05, 3.63) is 60.6 Å². The smallest absolute Gasteiger partial charge is 0.164 e. The number of Topliss-reactive ketones (excluding diaryl/α,β-unsaturated/α-hetero) is 1. The second-order valence-electron chi connectivity index (χ2n) is 4.41. The van der Waals surface area contributed by atoms with E-state index in [1.54, 1.807) is 12.4 Å². The molecule has 0 radical (unpaired) electrons. The third-order valence-corrected chi connectivity index (χ3v) is 3.27. The first-order valence-electron chi connectivity index (χ1n) is 6.35. The van der Waals surface area contributed by atoms with Gasteiger partial charge in [-0.2, -0.15) is 0 Å². The minimum absolute atomic E-state index is 0.170. The molecule has 3 aromatic rings. The number of hydrogen-bond donors (Lipinski definition) is 0. The van der Waals surface area contributed by atoms with Gasteiger partial charge in [-0.15, -0.1) is 0 Å². The number of rotatable bonds is 3. The van der Waals surface area contributed by atoms with Gasteiger partial charge in [0.25, 0.3) is 0 Å². The van der Waals surface area contributed by atoms with Crippen LogP contribution in [0.1, 0.15) is 23.7 Å². The number of ketones is 1. The van der Waals surface area contributed by atoms with E-state index in [1.165, 1.54) is 0 Å². The van der Waals surface area contributed by atoms with Gasteiger partial charge in [0.1, 0.15) is 0 Å². The first-order valence-corrected chi connectivity index (χ1v) is 6.35. The monoisotopic (exact) mass is 250 g/mol. The van der Waals surface area contributed by atoms with Crippen LogP contribution < -0.4 is 0 Å². The molecule has 94 valence electrons. The Kier molecular flexibility index (Phi) is 2.88. The molecule has 3 rings (SSSR count). The molecule has 0 fully saturated rings. The lowest BCUT2D eigenvalue weighted by Gasteiger charge is -2.03. The van der Waals surface area contributed by atoms with Crippen LogP contribution in [-0.4, -0.2) is 15.3 Å². The molecule has 0 aliphatic rings. The van der Waals surface area contributed by atoms with Crippen molar-refractivity contribution in [2.45, 2.75) is 13.3 Å². The molecule has 0 aliphatic heterocycles. The molecule has 0 aliphatic carbocycles. The maximum atomic E-state index is 12.0. The van der Waals surface area contributed by atoms with Gasteiger partial charge in [0.2, 0.25) is 0 Å². The van der Waals surface area contributed by atoms with Crippen LogP contribution in [0, 0.1) is 0 Å². The summed E-state index contributed by atoms with van der Waals surface area (Å²) in [6.45, 7) is 1.89. The Morgan fingerprint density at radius 3 is 2.63 bits per heavy atom. The molecular formula is C16H14N2O. The predicted molar refractivity (Wildman–Crippen MR) is 75.7 cm³/mol. The molecule has 0 unspecified atom stereocenters. The summed E-state index contributed by atoms with van der Waals surface area (Å²) in [4.78, 5) is 16.1. The third-order valence-electron chi connectivity index (χ3n) is 3.27. The number of fused-ring (bicyclic) bond motifs is 1. The van der Waals surface area contributed by atoms with Crippen molar-refractivity contribution in [3.8, 4) is 5.69 Å². The number of aromatic nitrogens is 2. The van der Waals surface area contributed by atoms with E-state index in [2.05, 4.69) is 4.98 Å². The fraction of sp³-hybridized carbons (Fsp3) is 0.125. The molecule has 0 amide bonds. The fourth-order valence-electron chi connectivity index (χ4n) is 2.31. The fourth-order valence-corrected chi connectivity index (χ4v) is 2.31. The summed E-state index contributed by atoms with van der Waals surface area (Å²) in [5, 5.41) is 1.01. The van der Waals surface area contributed by atoms with Crippen LogP contribution >= 0.6 is 0 Å². The van der Waals surface area contributed by atoms with Crippen molar-refractivity contribution in [2.75, 3.05) is 0 Å². The third kappa shape index (κ3) is 1.93. The van der Waals surface area contributed by atoms with E-state index in [-0.39, 0.29) is 5.78 Å². The SMILES string of the molecule is CCC(=O)c1cn(-c2ccncc2)c2ccccc12. The second-order valence-corrected chi connectivity index (χ2v) is 4.41. The van der Waals surface area contributed by atoms with Gasteiger partial charge in [0, 0.05) is 41.6 Å². The Bertz CT molecular complexity index is 729. The topological polar surface area (TPSA) is 34.9 Å². The van der Waals surface area contributed by atoms with E-state index in [0.29, 0.717) is 6.42 Å². The van der Waals surface area contributed by atoms with Gasteiger partial charge in [-0.3, -0.25) is 9.78 Å². The van der Waals surface area contributed by atoms with Crippen LogP contribution in [0.4, 0.5) is 0 Å². The molecule has 2 aromatic heterocycles. The van der Waals surface area contributed by atoms with Crippen LogP contribution in [0.3, 0.4) is 0 Å². The zero-order valence-corrected chi connectivity index (χ0v) is 10.7. The van der Waals surface area contributed by atoms with E-state index >= 15 is 0 Å². The molecule has 0 atom stereocenters. The molecule has 3 heteroatoms. The average molecular weight is 250 g/mol. The lowest BCUT2D eigenvalue weighted by Crippen LogP contribution is -1.95. The highest BCUT2D eigenvalue weighted by atomic mass is 16.1. The summed E-state index contributed by atoms with van der Waals surface area (Å²) in [7, 11) is 0. The predicted octanol–water partition coefficient (Wildman–Crippen LogP) is 3.62. The highest BCUT2D eigenvalue weighted by Gasteiger charge is 2.13. The number of pyridine rings is 1. The van der Waals surface area contributed by atoms with Gasteiger partial charge < -0.3 is 4.57 Å². The summed E-state index contributed by atoms with van der Waals surface area (Å²) < 4.78 is 2.04. The normalized spacial score (nSPS) is 10.8. The van der Waals surface area contributed by atoms with E-state index in [0.717, 1.165) is 22.2 Å². The van der Waals surface area contributed by atoms with Gasteiger partial charge in [-0.25, -0.2) is 0 Å². The summed E-state index contributed by atoms with van der Waals surface area (Å²) in [6, 6.07) is 11.9. The maximum absolute atomic E-state index is 12.0. The largest absolute Gasteiger partial charge is 0.316 e. The van der Waals surface area contributed by atoms with Crippen LogP contribution in [0.15, 0.2) is 55.0 Å². The van der Waals surface area contributed by atoms with E-state index in [4.69, 9.17) is 0 Å². The Morgan fingerprint density at radius 2 is 1.89 bits per heavy atom. The highest BCUT2D eigenvalue weighted by Crippen LogP contribution is 2.25. The number of benzene rings is 1. The van der Waals surface area contributed by atoms with E-state index in [9.17, 15) is 4.79 Å². The molecule has 1 aromatic carbocycles. The maximum Gasteiger partial charge on any atom is 0.164 e. The summed E-state index contributed by atoms with van der Waals surface area (Å²) in [5.74, 6) is 0.170. The quantitative estimate of drug-likeness (QED) is 0.665. The number of nitrogens with zero attached hydrogens (tertiary/aromatic N) is 2. The highest BCUT2D eigenvalue weighted by molar-refractivity contribution is 6.08. The molecule has 0 saturated heterocycles. The van der Waals surface area contributed by atoms with Gasteiger partial charge in [-0.05, 0) is 18.2 Å². The first kappa shape index (κ1) is 11.7. The average Bonchev–Trinajstić information content (AvgIpc) is 2.87. The summed E-state index contributed by atoms with van der Waals surface area (Å²) in [5.41, 5.74) is 2.85. The molecule has 0 saturated carbocycles. The van der Waals surface area contributed by atoms with Crippen LogP contribution in [-0.2, 0) is 0 Å². The lowest BCUT2D eigenvalue weighted by molar-refractivity contribution is 0.0989. The van der Waals surface area contributed by atoms with Crippen LogP contribution in [0.5, 0.6) is 0 Å². The van der Waals surface area contributed by atoms with Gasteiger partial charge in [0.15, 0.2) is 5.78 Å². The van der Waals surface area contributed by atoms with Gasteiger partial charge in [-0.1, -0.05) is 25.1 Å². The van der Waals surface area contributed by atoms with Gasteiger partial charge >= 0.3 is 0 Å². The standard InChI is InChI=1S/C16H14N2O/c1-2-16(19)14-11-18(12-7-9-17-10-8-12)15-6-4-3-5-13(14)15/h3-11H,2H2,1H3. The van der Waals surface area contributed by atoms with Crippen molar-refractivity contribution in [1.29, 1.82) is 0 Å². The van der Waals surface area contributed by atoms with E-state index in [1.807, 2.05) is 54.1 Å². The Balaban J connectivity index is 2.29. The molecule has 3 nitrogen and oxygen atoms in total. The molecule has 0 spiro atoms. The number of para-hydroxylation sites is 1. The van der Waals surface area contributed by atoms with Crippen molar-refractivity contribution < 1.29 is 4.79 Å². The van der Waals surface area contributed by atoms with Crippen molar-refractivity contribution in [3.63, 3.8) is 0 Å². The minimum atomic E-state index is 0.170. The van der Waals surface area contributed by atoms with Crippen molar-refractivity contribution in [1.82, 2.24) is 9.55 Å². The Morgan fingerprint density at radius 1 is 1.16 bits per heavy atom. The van der Waals surface area contributed by atoms with Crippen molar-refractivity contribution in [2.24, 2.45) is 0 Å². The second kappa shape index (κ2) is 4.69. The Hall–Kier alpha value is -2.42. The number of carbonyl (C=O) groups excluding carboxylic acids is 1. The minimum Gasteiger partial charge on any atom is -0.316 e. The summed E-state index contributed by atoms with van der Waals surface area (Å²) in [6.07, 6.45) is 5.95. The molecule has 19 heavy (non-hydrogen) atoms. The van der Waals surface area contributed by atoms with Crippen LogP contribution in [0.25, 0.3) is 16.6 Å². The first-order chi connectivity index (χ1) is 9.31. The number of carbonyl (C=O) groups is 1. The van der Waals surface area contributed by atoms with Crippen LogP contribution in [0.2, 0.25) is 0 Å². The van der Waals surface area contributed by atoms with Gasteiger partial charge in [0.05, 0.1) is 5.52 Å². The van der Waals surface area contributed by atoms with Crippen molar-refractivity contribution >= 4 is 16.7 Å². The molecular weight excluding hydrogens is 236 g/mol. The Labute approximate surface area is 111 Å². The number of hydrogen-bond acceptors (Lipinski definition) is 2. The molecule has 2 heterocycles. The lowest BCUT2D eigenvalue weighted by atomic mass is 10.1. The summed E-state index contributed by atoms with van der Waals surface area (Å²) >= 11 is 0. The van der Waals surface area contributed by atoms with E-state index < -0.39 is 0 Å². The molecule has 0 bridgehead atoms. The zero-order chi connectivity index (χ0) is 13.2. The zero-order valence-electron chi connectivity index (χ0n) is 10.7. The molecule has 0 N–H and O–H groups in total.